The van der Waals surface area contributed by atoms with Gasteiger partial charge in [0.2, 0.25) is 0 Å². The quantitative estimate of drug-likeness (QED) is 0.802. The van der Waals surface area contributed by atoms with Gasteiger partial charge in [0.05, 0.1) is 0 Å². The molecule has 0 atom stereocenters. The smallest absolute Gasteiger partial charge is 0.123 e. The van der Waals surface area contributed by atoms with Crippen molar-refractivity contribution in [3.8, 4) is 0 Å². The van der Waals surface area contributed by atoms with Gasteiger partial charge in [-0.3, -0.25) is 0 Å². The Hall–Kier alpha value is -1.10. The van der Waals surface area contributed by atoms with E-state index in [0.717, 1.165) is 11.4 Å². The lowest BCUT2D eigenvalue weighted by molar-refractivity contribution is 0.628. The summed E-state index contributed by atoms with van der Waals surface area (Å²) in [5, 5.41) is 3.27. The molecule has 2 rings (SSSR count). The van der Waals surface area contributed by atoms with Crippen LogP contribution in [0.15, 0.2) is 42.5 Å². The van der Waals surface area contributed by atoms with Gasteiger partial charge in [-0.25, -0.2) is 4.39 Å². The lowest BCUT2D eigenvalue weighted by Gasteiger charge is -2.09. The highest BCUT2D eigenvalue weighted by atomic mass is 127. The van der Waals surface area contributed by atoms with E-state index in [1.807, 2.05) is 6.92 Å². The Bertz CT molecular complexity index is 494. The fourth-order valence-electron chi connectivity index (χ4n) is 1.42. The minimum Gasteiger partial charge on any atom is -0.355 e. The number of hydrogen-bond donors (Lipinski definition) is 1. The lowest BCUT2D eigenvalue weighted by atomic mass is 10.2. The summed E-state index contributed by atoms with van der Waals surface area (Å²) in [5.41, 5.74) is 3.12. The van der Waals surface area contributed by atoms with Crippen molar-refractivity contribution in [2.75, 3.05) is 5.32 Å². The van der Waals surface area contributed by atoms with Crippen LogP contribution >= 0.6 is 22.6 Å². The highest BCUT2D eigenvalue weighted by Crippen LogP contribution is 2.22. The molecular weight excluding hydrogens is 316 g/mol. The monoisotopic (exact) mass is 327 g/mol. The van der Waals surface area contributed by atoms with Crippen LogP contribution in [0.2, 0.25) is 0 Å². The van der Waals surface area contributed by atoms with Crippen LogP contribution in [-0.4, -0.2) is 0 Å². The molecule has 0 saturated heterocycles. The Labute approximate surface area is 108 Å². The number of benzene rings is 2. The number of halogens is 2. The van der Waals surface area contributed by atoms with Gasteiger partial charge in [-0.1, -0.05) is 6.07 Å². The van der Waals surface area contributed by atoms with E-state index >= 15 is 0 Å². The number of hydrogen-bond acceptors (Lipinski definition) is 1. The topological polar surface area (TPSA) is 12.0 Å². The van der Waals surface area contributed by atoms with Crippen LogP contribution in [0.5, 0.6) is 0 Å². The molecule has 0 aliphatic carbocycles. The summed E-state index contributed by atoms with van der Waals surface area (Å²) in [6.07, 6.45) is 0. The van der Waals surface area contributed by atoms with E-state index in [0.29, 0.717) is 0 Å². The minimum absolute atomic E-state index is 0.218. The van der Waals surface area contributed by atoms with Crippen LogP contribution in [0.3, 0.4) is 0 Å². The summed E-state index contributed by atoms with van der Waals surface area (Å²) in [6, 6.07) is 12.6. The highest BCUT2D eigenvalue weighted by Gasteiger charge is 2.00. The Morgan fingerprint density at radius 1 is 1.06 bits per heavy atom. The van der Waals surface area contributed by atoms with Gasteiger partial charge in [0, 0.05) is 14.9 Å². The first-order chi connectivity index (χ1) is 7.65. The zero-order valence-electron chi connectivity index (χ0n) is 8.80. The van der Waals surface area contributed by atoms with Crippen molar-refractivity contribution in [3.05, 3.63) is 57.4 Å². The molecule has 0 saturated carbocycles. The van der Waals surface area contributed by atoms with Gasteiger partial charge in [0.25, 0.3) is 0 Å². The van der Waals surface area contributed by atoms with Gasteiger partial charge < -0.3 is 5.32 Å². The van der Waals surface area contributed by atoms with Crippen LogP contribution in [-0.2, 0) is 0 Å². The predicted octanol–water partition coefficient (Wildman–Crippen LogP) is 4.48. The van der Waals surface area contributed by atoms with E-state index in [1.165, 1.54) is 21.3 Å². The van der Waals surface area contributed by atoms with Crippen LogP contribution in [0.1, 0.15) is 5.56 Å². The second kappa shape index (κ2) is 4.82. The molecule has 0 heterocycles. The molecule has 0 bridgehead atoms. The first-order valence-electron chi connectivity index (χ1n) is 4.94. The summed E-state index contributed by atoms with van der Waals surface area (Å²) in [6.45, 7) is 2.04. The Kier molecular flexibility index (Phi) is 3.43. The Balaban J connectivity index is 2.26. The van der Waals surface area contributed by atoms with Crippen molar-refractivity contribution in [1.82, 2.24) is 0 Å². The SMILES string of the molecule is Cc1ccc(I)cc1Nc1ccc(F)cc1. The summed E-state index contributed by atoms with van der Waals surface area (Å²) in [5.74, 6) is -0.218. The summed E-state index contributed by atoms with van der Waals surface area (Å²) >= 11 is 2.27. The molecule has 1 nitrogen and oxygen atoms in total. The molecule has 82 valence electrons. The van der Waals surface area contributed by atoms with E-state index in [1.54, 1.807) is 12.1 Å². The van der Waals surface area contributed by atoms with Gasteiger partial charge in [0.1, 0.15) is 5.82 Å². The molecule has 1 N–H and O–H groups in total. The van der Waals surface area contributed by atoms with Gasteiger partial charge in [-0.2, -0.15) is 0 Å². The summed E-state index contributed by atoms with van der Waals surface area (Å²) < 4.78 is 13.9. The molecule has 2 aromatic rings. The summed E-state index contributed by atoms with van der Waals surface area (Å²) in [7, 11) is 0. The van der Waals surface area contributed by atoms with Crippen LogP contribution in [0.25, 0.3) is 0 Å². The normalized spacial score (nSPS) is 10.2. The zero-order chi connectivity index (χ0) is 11.5. The zero-order valence-corrected chi connectivity index (χ0v) is 11.0. The lowest BCUT2D eigenvalue weighted by Crippen LogP contribution is -1.93. The Morgan fingerprint density at radius 3 is 2.44 bits per heavy atom. The second-order valence-electron chi connectivity index (χ2n) is 3.59. The molecule has 0 amide bonds. The Morgan fingerprint density at radius 2 is 1.75 bits per heavy atom. The van der Waals surface area contributed by atoms with Crippen molar-refractivity contribution < 1.29 is 4.39 Å². The maximum Gasteiger partial charge on any atom is 0.123 e. The van der Waals surface area contributed by atoms with Crippen LogP contribution in [0.4, 0.5) is 15.8 Å². The molecular formula is C13H11FIN. The molecule has 2 aromatic carbocycles. The third-order valence-corrected chi connectivity index (χ3v) is 2.99. The second-order valence-corrected chi connectivity index (χ2v) is 4.84. The van der Waals surface area contributed by atoms with E-state index in [-0.39, 0.29) is 5.82 Å². The average molecular weight is 327 g/mol. The predicted molar refractivity (Wildman–Crippen MR) is 73.6 cm³/mol. The first kappa shape index (κ1) is 11.4. The largest absolute Gasteiger partial charge is 0.355 e. The van der Waals surface area contributed by atoms with Gasteiger partial charge >= 0.3 is 0 Å². The third-order valence-electron chi connectivity index (χ3n) is 2.32. The minimum atomic E-state index is -0.218. The molecule has 16 heavy (non-hydrogen) atoms. The maximum absolute atomic E-state index is 12.7. The molecule has 0 radical (unpaired) electrons. The highest BCUT2D eigenvalue weighted by molar-refractivity contribution is 14.1. The van der Waals surface area contributed by atoms with Crippen molar-refractivity contribution in [1.29, 1.82) is 0 Å². The van der Waals surface area contributed by atoms with Gasteiger partial charge in [0.15, 0.2) is 0 Å². The van der Waals surface area contributed by atoms with Crippen LogP contribution < -0.4 is 5.32 Å². The first-order valence-corrected chi connectivity index (χ1v) is 6.02. The third kappa shape index (κ3) is 2.72. The average Bonchev–Trinajstić information content (AvgIpc) is 2.27. The number of aryl methyl sites for hydroxylation is 1. The molecule has 0 aliphatic heterocycles. The van der Waals surface area contributed by atoms with Crippen molar-refractivity contribution in [3.63, 3.8) is 0 Å². The molecule has 0 aromatic heterocycles. The molecule has 0 unspecified atom stereocenters. The van der Waals surface area contributed by atoms with Crippen LogP contribution in [0, 0.1) is 16.3 Å². The molecule has 3 heteroatoms. The maximum atomic E-state index is 12.7. The number of anilines is 2. The van der Waals surface area contributed by atoms with Crippen molar-refractivity contribution >= 4 is 34.0 Å². The fraction of sp³-hybridized carbons (Fsp3) is 0.0769. The molecule has 0 fully saturated rings. The van der Waals surface area contributed by atoms with E-state index in [9.17, 15) is 4.39 Å². The summed E-state index contributed by atoms with van der Waals surface area (Å²) in [4.78, 5) is 0. The molecule has 0 aliphatic rings. The standard InChI is InChI=1S/C13H11FIN/c1-9-2-5-11(15)8-13(9)16-12-6-3-10(14)4-7-12/h2-8,16H,1H3. The van der Waals surface area contributed by atoms with Crippen molar-refractivity contribution in [2.45, 2.75) is 6.92 Å². The van der Waals surface area contributed by atoms with E-state index in [4.69, 9.17) is 0 Å². The number of rotatable bonds is 2. The van der Waals surface area contributed by atoms with E-state index < -0.39 is 0 Å². The van der Waals surface area contributed by atoms with Gasteiger partial charge in [-0.15, -0.1) is 0 Å². The van der Waals surface area contributed by atoms with Crippen molar-refractivity contribution in [2.24, 2.45) is 0 Å². The van der Waals surface area contributed by atoms with Gasteiger partial charge in [-0.05, 0) is 71.5 Å². The molecule has 0 spiro atoms. The van der Waals surface area contributed by atoms with E-state index in [2.05, 4.69) is 46.1 Å². The number of nitrogens with one attached hydrogen (secondary N) is 1. The fourth-order valence-corrected chi connectivity index (χ4v) is 1.91.